The lowest BCUT2D eigenvalue weighted by molar-refractivity contribution is -0.120. The number of methoxy groups -OCH3 is 1. The molecule has 1 aliphatic rings. The predicted molar refractivity (Wildman–Crippen MR) is 105 cm³/mol. The van der Waals surface area contributed by atoms with Crippen molar-refractivity contribution in [1.29, 1.82) is 0 Å². The second-order valence-corrected chi connectivity index (χ2v) is 8.19. The highest BCUT2D eigenvalue weighted by Crippen LogP contribution is 2.18. The molecule has 11 heteroatoms. The van der Waals surface area contributed by atoms with Gasteiger partial charge in [0, 0.05) is 31.8 Å². The number of morpholine rings is 1. The van der Waals surface area contributed by atoms with Gasteiger partial charge in [-0.25, -0.2) is 13.4 Å². The number of amides is 1. The first-order chi connectivity index (χ1) is 14.0. The van der Waals surface area contributed by atoms with Gasteiger partial charge in [0.2, 0.25) is 27.8 Å². The third-order valence-electron chi connectivity index (χ3n) is 4.32. The molecule has 1 aromatic carbocycles. The number of hydrazine groups is 1. The Morgan fingerprint density at radius 2 is 1.93 bits per heavy atom. The molecule has 0 spiro atoms. The van der Waals surface area contributed by atoms with Crippen LogP contribution in [0.2, 0.25) is 0 Å². The van der Waals surface area contributed by atoms with E-state index in [9.17, 15) is 13.2 Å². The molecule has 1 amide bonds. The van der Waals surface area contributed by atoms with Crippen LogP contribution in [-0.2, 0) is 26.0 Å². The van der Waals surface area contributed by atoms with Crippen molar-refractivity contribution in [1.82, 2.24) is 19.7 Å². The van der Waals surface area contributed by atoms with E-state index in [0.717, 1.165) is 5.56 Å². The molecule has 1 aromatic heterocycles. The highest BCUT2D eigenvalue weighted by Gasteiger charge is 2.26. The molecule has 1 aliphatic heterocycles. The molecule has 0 bridgehead atoms. The van der Waals surface area contributed by atoms with Gasteiger partial charge >= 0.3 is 0 Å². The molecule has 29 heavy (non-hydrogen) atoms. The molecule has 2 N–H and O–H groups in total. The zero-order valence-electron chi connectivity index (χ0n) is 16.0. The molecular weight excluding hydrogens is 398 g/mol. The Kier molecular flexibility index (Phi) is 6.96. The van der Waals surface area contributed by atoms with E-state index >= 15 is 0 Å². The van der Waals surface area contributed by atoms with Crippen LogP contribution >= 0.6 is 0 Å². The summed E-state index contributed by atoms with van der Waals surface area (Å²) in [7, 11) is -2.03. The topological polar surface area (TPSA) is 123 Å². The number of nitrogens with zero attached hydrogens (tertiary/aromatic N) is 3. The molecule has 0 radical (unpaired) electrons. The van der Waals surface area contributed by atoms with Crippen LogP contribution in [0.5, 0.6) is 5.88 Å². The predicted octanol–water partition coefficient (Wildman–Crippen LogP) is 0.582. The Bertz CT molecular complexity index is 930. The maximum atomic E-state index is 12.6. The molecule has 2 aromatic rings. The Balaban J connectivity index is 1.50. The number of carbonyl (C=O) groups is 1. The van der Waals surface area contributed by atoms with Crippen LogP contribution in [0, 0.1) is 0 Å². The number of aromatic nitrogens is 2. The van der Waals surface area contributed by atoms with E-state index in [1.165, 1.54) is 17.6 Å². The minimum absolute atomic E-state index is 0.215. The van der Waals surface area contributed by atoms with Gasteiger partial charge in [-0.2, -0.15) is 9.29 Å². The molecular formula is C18H23N5O5S. The Hall–Kier alpha value is -2.76. The highest BCUT2D eigenvalue weighted by atomic mass is 32.2. The third-order valence-corrected chi connectivity index (χ3v) is 6.24. The summed E-state index contributed by atoms with van der Waals surface area (Å²) >= 11 is 0. The van der Waals surface area contributed by atoms with E-state index < -0.39 is 10.0 Å². The first-order valence-electron chi connectivity index (χ1n) is 9.08. The summed E-state index contributed by atoms with van der Waals surface area (Å²) in [6.07, 6.45) is 2.18. The maximum absolute atomic E-state index is 12.6. The van der Waals surface area contributed by atoms with Gasteiger partial charge in [0.25, 0.3) is 0 Å². The van der Waals surface area contributed by atoms with E-state index in [0.29, 0.717) is 38.6 Å². The molecule has 0 unspecified atom stereocenters. The lowest BCUT2D eigenvalue weighted by Crippen LogP contribution is -2.40. The number of rotatable bonds is 8. The Labute approximate surface area is 169 Å². The van der Waals surface area contributed by atoms with Gasteiger partial charge in [-0.3, -0.25) is 15.6 Å². The number of benzene rings is 1. The summed E-state index contributed by atoms with van der Waals surface area (Å²) in [6.45, 7) is 1.52. The number of sulfonamides is 1. The minimum Gasteiger partial charge on any atom is -0.481 e. The smallest absolute Gasteiger partial charge is 0.245 e. The first-order valence-corrected chi connectivity index (χ1v) is 10.5. The van der Waals surface area contributed by atoms with Gasteiger partial charge in [-0.15, -0.1) is 0 Å². The fourth-order valence-electron chi connectivity index (χ4n) is 2.73. The quantitative estimate of drug-likeness (QED) is 0.594. The first kappa shape index (κ1) is 21.0. The fourth-order valence-corrected chi connectivity index (χ4v) is 4.13. The van der Waals surface area contributed by atoms with E-state index in [4.69, 9.17) is 9.47 Å². The van der Waals surface area contributed by atoms with Crippen LogP contribution < -0.4 is 15.6 Å². The van der Waals surface area contributed by atoms with Crippen LogP contribution in [0.25, 0.3) is 0 Å². The van der Waals surface area contributed by atoms with Crippen molar-refractivity contribution in [3.8, 4) is 5.88 Å². The third kappa shape index (κ3) is 5.62. The molecule has 0 atom stereocenters. The van der Waals surface area contributed by atoms with Crippen molar-refractivity contribution in [3.05, 3.63) is 42.1 Å². The van der Waals surface area contributed by atoms with E-state index in [1.807, 2.05) is 0 Å². The Morgan fingerprint density at radius 1 is 1.21 bits per heavy atom. The summed E-state index contributed by atoms with van der Waals surface area (Å²) in [5.74, 6) is 0.348. The van der Waals surface area contributed by atoms with Crippen molar-refractivity contribution in [3.63, 3.8) is 0 Å². The van der Waals surface area contributed by atoms with Gasteiger partial charge in [0.1, 0.15) is 0 Å². The normalized spacial score (nSPS) is 14.9. The molecule has 10 nitrogen and oxygen atoms in total. The SMILES string of the molecule is COc1ccnc(NNC(=O)CCc2ccc(S(=O)(=O)N3CCOCC3)cc2)n1. The lowest BCUT2D eigenvalue weighted by atomic mass is 10.1. The largest absolute Gasteiger partial charge is 0.481 e. The van der Waals surface area contributed by atoms with Crippen LogP contribution in [0.4, 0.5) is 5.95 Å². The van der Waals surface area contributed by atoms with Gasteiger partial charge in [0.15, 0.2) is 0 Å². The molecule has 3 rings (SSSR count). The number of ether oxygens (including phenoxy) is 2. The minimum atomic E-state index is -3.52. The summed E-state index contributed by atoms with van der Waals surface area (Å²) in [5, 5.41) is 0. The molecule has 0 aliphatic carbocycles. The molecule has 156 valence electrons. The van der Waals surface area contributed by atoms with Crippen LogP contribution in [0.15, 0.2) is 41.4 Å². The maximum Gasteiger partial charge on any atom is 0.245 e. The van der Waals surface area contributed by atoms with Gasteiger partial charge in [0.05, 0.1) is 25.2 Å². The summed E-state index contributed by atoms with van der Waals surface area (Å²) in [5.41, 5.74) is 6.00. The van der Waals surface area contributed by atoms with Gasteiger partial charge in [-0.05, 0) is 24.1 Å². The van der Waals surface area contributed by atoms with Crippen molar-refractivity contribution >= 4 is 21.9 Å². The Morgan fingerprint density at radius 3 is 2.62 bits per heavy atom. The van der Waals surface area contributed by atoms with Gasteiger partial charge in [-0.1, -0.05) is 12.1 Å². The number of nitrogens with one attached hydrogen (secondary N) is 2. The lowest BCUT2D eigenvalue weighted by Gasteiger charge is -2.26. The zero-order chi connectivity index (χ0) is 20.7. The average Bonchev–Trinajstić information content (AvgIpc) is 2.77. The number of aryl methyl sites for hydroxylation is 1. The molecule has 2 heterocycles. The summed E-state index contributed by atoms with van der Waals surface area (Å²) < 4.78 is 36.8. The summed E-state index contributed by atoms with van der Waals surface area (Å²) in [6, 6.07) is 8.18. The number of hydrogen-bond donors (Lipinski definition) is 2. The van der Waals surface area contributed by atoms with E-state index in [2.05, 4.69) is 20.8 Å². The van der Waals surface area contributed by atoms with Crippen molar-refractivity contribution < 1.29 is 22.7 Å². The molecule has 1 fully saturated rings. The van der Waals surface area contributed by atoms with E-state index in [1.54, 1.807) is 30.3 Å². The van der Waals surface area contributed by atoms with Crippen LogP contribution in [0.1, 0.15) is 12.0 Å². The van der Waals surface area contributed by atoms with E-state index in [-0.39, 0.29) is 23.2 Å². The number of hydrogen-bond acceptors (Lipinski definition) is 8. The average molecular weight is 421 g/mol. The van der Waals surface area contributed by atoms with Gasteiger partial charge < -0.3 is 9.47 Å². The fraction of sp³-hybridized carbons (Fsp3) is 0.389. The van der Waals surface area contributed by atoms with Crippen molar-refractivity contribution in [2.45, 2.75) is 17.7 Å². The van der Waals surface area contributed by atoms with Crippen LogP contribution in [-0.4, -0.2) is 62.0 Å². The van der Waals surface area contributed by atoms with Crippen molar-refractivity contribution in [2.75, 3.05) is 38.8 Å². The monoisotopic (exact) mass is 421 g/mol. The second kappa shape index (κ2) is 9.63. The standard InChI is InChI=1S/C18H23N5O5S/c1-27-17-8-9-19-18(20-17)22-21-16(24)7-4-14-2-5-15(6-3-14)29(25,26)23-10-12-28-13-11-23/h2-3,5-6,8-9H,4,7,10-13H2,1H3,(H,21,24)(H,19,20,22). The van der Waals surface area contributed by atoms with Crippen LogP contribution in [0.3, 0.4) is 0 Å². The van der Waals surface area contributed by atoms with Crippen molar-refractivity contribution in [2.24, 2.45) is 0 Å². The number of anilines is 1. The second-order valence-electron chi connectivity index (χ2n) is 6.26. The highest BCUT2D eigenvalue weighted by molar-refractivity contribution is 7.89. The summed E-state index contributed by atoms with van der Waals surface area (Å²) in [4.78, 5) is 20.2. The number of carbonyl (C=O) groups excluding carboxylic acids is 1. The zero-order valence-corrected chi connectivity index (χ0v) is 16.8. The molecule has 1 saturated heterocycles. The molecule has 0 saturated carbocycles.